The lowest BCUT2D eigenvalue weighted by Crippen LogP contribution is -2.37. The van der Waals surface area contributed by atoms with Crippen LogP contribution in [-0.2, 0) is 22.4 Å². The number of ether oxygens (including phenoxy) is 1. The van der Waals surface area contributed by atoms with Crippen LogP contribution in [0.2, 0.25) is 0 Å². The van der Waals surface area contributed by atoms with E-state index in [4.69, 9.17) is 9.15 Å². The largest absolute Gasteiger partial charge is 0.469 e. The maximum Gasteiger partial charge on any atom is 0.220 e. The van der Waals surface area contributed by atoms with Crippen LogP contribution in [0.25, 0.3) is 5.65 Å². The van der Waals surface area contributed by atoms with E-state index < -0.39 is 0 Å². The number of anilines is 1. The minimum Gasteiger partial charge on any atom is -0.469 e. The fourth-order valence-corrected chi connectivity index (χ4v) is 3.40. The van der Waals surface area contributed by atoms with E-state index in [-0.39, 0.29) is 11.9 Å². The van der Waals surface area contributed by atoms with Crippen molar-refractivity contribution in [2.45, 2.75) is 38.6 Å². The second kappa shape index (κ2) is 9.04. The molecule has 3 aromatic rings. The molecule has 0 spiro atoms. The van der Waals surface area contributed by atoms with Crippen LogP contribution in [-0.4, -0.2) is 58.1 Å². The molecule has 9 nitrogen and oxygen atoms in total. The molecule has 0 bridgehead atoms. The number of rotatable bonds is 8. The summed E-state index contributed by atoms with van der Waals surface area (Å²) in [5.41, 5.74) is 0.684. The predicted molar refractivity (Wildman–Crippen MR) is 107 cm³/mol. The summed E-state index contributed by atoms with van der Waals surface area (Å²) < 4.78 is 12.5. The van der Waals surface area contributed by atoms with E-state index in [2.05, 4.69) is 25.5 Å². The Labute approximate surface area is 169 Å². The van der Waals surface area contributed by atoms with Gasteiger partial charge in [0.15, 0.2) is 11.5 Å². The van der Waals surface area contributed by atoms with Gasteiger partial charge in [-0.1, -0.05) is 0 Å². The number of aryl methyl sites for hydroxylation is 2. The van der Waals surface area contributed by atoms with Crippen LogP contribution in [0.4, 0.5) is 5.82 Å². The molecule has 1 amide bonds. The van der Waals surface area contributed by atoms with Gasteiger partial charge in [0.25, 0.3) is 0 Å². The summed E-state index contributed by atoms with van der Waals surface area (Å²) in [6.07, 6.45) is 4.13. The third-order valence-electron chi connectivity index (χ3n) is 5.04. The lowest BCUT2D eigenvalue weighted by molar-refractivity contribution is -0.121. The third kappa shape index (κ3) is 4.92. The molecule has 4 rings (SSSR count). The molecule has 1 aliphatic rings. The zero-order chi connectivity index (χ0) is 20.1. The summed E-state index contributed by atoms with van der Waals surface area (Å²) in [6, 6.07) is 7.76. The molecule has 29 heavy (non-hydrogen) atoms. The van der Waals surface area contributed by atoms with Crippen LogP contribution in [0.15, 0.2) is 34.9 Å². The van der Waals surface area contributed by atoms with Gasteiger partial charge in [0, 0.05) is 38.4 Å². The van der Waals surface area contributed by atoms with Gasteiger partial charge >= 0.3 is 0 Å². The standard InChI is InChI=1S/C20H26N6O3/c1-15(4-5-16-3-2-12-29-16)21-20(27)9-8-18-23-22-17-6-7-19(24-26(17)18)25-10-13-28-14-11-25/h2-3,6-7,12,15H,4-5,8-11,13-14H2,1H3,(H,21,27)/t15-/m1/s1. The molecule has 0 radical (unpaired) electrons. The highest BCUT2D eigenvalue weighted by molar-refractivity contribution is 5.76. The van der Waals surface area contributed by atoms with Gasteiger partial charge in [-0.05, 0) is 37.6 Å². The number of carbonyl (C=O) groups excluding carboxylic acids is 1. The lowest BCUT2D eigenvalue weighted by atomic mass is 10.1. The molecule has 0 aliphatic carbocycles. The highest BCUT2D eigenvalue weighted by atomic mass is 16.5. The van der Waals surface area contributed by atoms with Gasteiger partial charge in [0.05, 0.1) is 19.5 Å². The maximum atomic E-state index is 12.3. The summed E-state index contributed by atoms with van der Waals surface area (Å²) >= 11 is 0. The smallest absolute Gasteiger partial charge is 0.220 e. The number of nitrogens with zero attached hydrogens (tertiary/aromatic N) is 5. The minimum absolute atomic E-state index is 0.00183. The van der Waals surface area contributed by atoms with Crippen molar-refractivity contribution in [2.75, 3.05) is 31.2 Å². The summed E-state index contributed by atoms with van der Waals surface area (Å²) in [6.45, 7) is 5.03. The highest BCUT2D eigenvalue weighted by Crippen LogP contribution is 2.14. The topological polar surface area (TPSA) is 97.8 Å². The second-order valence-corrected chi connectivity index (χ2v) is 7.26. The molecule has 0 aromatic carbocycles. The molecule has 0 unspecified atom stereocenters. The molecule has 1 aliphatic heterocycles. The Hall–Kier alpha value is -2.94. The molecule has 0 saturated carbocycles. The van der Waals surface area contributed by atoms with E-state index in [9.17, 15) is 4.79 Å². The van der Waals surface area contributed by atoms with Crippen LogP contribution in [0.5, 0.6) is 0 Å². The molecule has 3 aromatic heterocycles. The van der Waals surface area contributed by atoms with E-state index >= 15 is 0 Å². The van der Waals surface area contributed by atoms with E-state index in [1.807, 2.05) is 31.2 Å². The number of amides is 1. The van der Waals surface area contributed by atoms with Crippen LogP contribution in [0.3, 0.4) is 0 Å². The van der Waals surface area contributed by atoms with Crippen LogP contribution in [0.1, 0.15) is 31.4 Å². The van der Waals surface area contributed by atoms with Crippen molar-refractivity contribution >= 4 is 17.4 Å². The summed E-state index contributed by atoms with van der Waals surface area (Å²) in [5.74, 6) is 2.49. The highest BCUT2D eigenvalue weighted by Gasteiger charge is 2.16. The molecule has 1 fully saturated rings. The van der Waals surface area contributed by atoms with Crippen molar-refractivity contribution in [3.63, 3.8) is 0 Å². The quantitative estimate of drug-likeness (QED) is 0.616. The number of fused-ring (bicyclic) bond motifs is 1. The minimum atomic E-state index is -0.00183. The van der Waals surface area contributed by atoms with Crippen molar-refractivity contribution in [1.29, 1.82) is 0 Å². The van der Waals surface area contributed by atoms with E-state index in [1.54, 1.807) is 10.8 Å². The number of nitrogens with one attached hydrogen (secondary N) is 1. The zero-order valence-corrected chi connectivity index (χ0v) is 16.6. The summed E-state index contributed by atoms with van der Waals surface area (Å²) in [5, 5.41) is 16.1. The summed E-state index contributed by atoms with van der Waals surface area (Å²) in [7, 11) is 0. The average molecular weight is 398 g/mol. The zero-order valence-electron chi connectivity index (χ0n) is 16.6. The molecular weight excluding hydrogens is 372 g/mol. The maximum absolute atomic E-state index is 12.3. The number of furan rings is 1. The fourth-order valence-electron chi connectivity index (χ4n) is 3.40. The van der Waals surface area contributed by atoms with E-state index in [0.29, 0.717) is 37.5 Å². The van der Waals surface area contributed by atoms with Gasteiger partial charge in [-0.25, -0.2) is 0 Å². The molecule has 4 heterocycles. The first-order valence-corrected chi connectivity index (χ1v) is 10.0. The van der Waals surface area contributed by atoms with Crippen molar-refractivity contribution in [3.05, 3.63) is 42.1 Å². The monoisotopic (exact) mass is 398 g/mol. The normalized spacial score (nSPS) is 15.6. The van der Waals surface area contributed by atoms with Crippen molar-refractivity contribution in [2.24, 2.45) is 0 Å². The van der Waals surface area contributed by atoms with Gasteiger partial charge in [-0.15, -0.1) is 15.3 Å². The van der Waals surface area contributed by atoms with Gasteiger partial charge in [0.1, 0.15) is 11.6 Å². The predicted octanol–water partition coefficient (Wildman–Crippen LogP) is 1.62. The number of aromatic nitrogens is 4. The Morgan fingerprint density at radius 3 is 2.86 bits per heavy atom. The second-order valence-electron chi connectivity index (χ2n) is 7.26. The Kier molecular flexibility index (Phi) is 6.04. The SMILES string of the molecule is C[C@H](CCc1ccco1)NC(=O)CCc1nnc2ccc(N3CCOCC3)nn12. The molecule has 1 saturated heterocycles. The van der Waals surface area contributed by atoms with Crippen LogP contribution >= 0.6 is 0 Å². The number of morpholine rings is 1. The Morgan fingerprint density at radius 2 is 2.07 bits per heavy atom. The summed E-state index contributed by atoms with van der Waals surface area (Å²) in [4.78, 5) is 14.5. The van der Waals surface area contributed by atoms with Gasteiger partial charge in [-0.3, -0.25) is 4.79 Å². The van der Waals surface area contributed by atoms with Crippen molar-refractivity contribution < 1.29 is 13.9 Å². The number of hydrogen-bond acceptors (Lipinski definition) is 7. The average Bonchev–Trinajstić information content (AvgIpc) is 3.41. The molecular formula is C20H26N6O3. The Balaban J connectivity index is 1.32. The first-order chi connectivity index (χ1) is 14.2. The lowest BCUT2D eigenvalue weighted by Gasteiger charge is -2.27. The van der Waals surface area contributed by atoms with E-state index in [0.717, 1.165) is 37.5 Å². The third-order valence-corrected chi connectivity index (χ3v) is 5.04. The van der Waals surface area contributed by atoms with Crippen LogP contribution in [0, 0.1) is 0 Å². The number of carbonyl (C=O) groups is 1. The van der Waals surface area contributed by atoms with Crippen molar-refractivity contribution in [3.8, 4) is 0 Å². The van der Waals surface area contributed by atoms with E-state index in [1.165, 1.54) is 0 Å². The number of hydrogen-bond donors (Lipinski definition) is 1. The first-order valence-electron chi connectivity index (χ1n) is 10.0. The first kappa shape index (κ1) is 19.4. The molecule has 1 N–H and O–H groups in total. The molecule has 154 valence electrons. The Morgan fingerprint density at radius 1 is 1.21 bits per heavy atom. The van der Waals surface area contributed by atoms with Gasteiger partial charge < -0.3 is 19.4 Å². The molecule has 9 heteroatoms. The van der Waals surface area contributed by atoms with Crippen molar-refractivity contribution in [1.82, 2.24) is 25.1 Å². The van der Waals surface area contributed by atoms with Gasteiger partial charge in [0.2, 0.25) is 5.91 Å². The molecule has 1 atom stereocenters. The van der Waals surface area contributed by atoms with Gasteiger partial charge in [-0.2, -0.15) is 4.52 Å². The van der Waals surface area contributed by atoms with Crippen LogP contribution < -0.4 is 10.2 Å². The Bertz CT molecular complexity index is 933. The fraction of sp³-hybridized carbons (Fsp3) is 0.500.